The van der Waals surface area contributed by atoms with E-state index in [1.165, 1.54) is 83.7 Å². The van der Waals surface area contributed by atoms with Gasteiger partial charge in [0, 0.05) is 16.9 Å². The van der Waals surface area contributed by atoms with Crippen molar-refractivity contribution in [1.29, 1.82) is 0 Å². The maximum Gasteiger partial charge on any atom is 0.0746 e. The molecule has 0 atom stereocenters. The third-order valence-electron chi connectivity index (χ3n) is 10.3. The summed E-state index contributed by atoms with van der Waals surface area (Å²) in [5, 5.41) is 0. The fraction of sp³-hybridized carbons (Fsp3) is 0.0870. The number of hydrogen-bond donors (Lipinski definition) is 0. The SMILES string of the molecule is Cc1ccc(N(c2ccc(-c3cccc(C)c3)cc2C)c2cccc3c2C2(c4ccccc4-c4ccccc42)c2ccccc2-3)cc1. The number of nitrogens with zero attached hydrogens (tertiary/aromatic N) is 1. The van der Waals surface area contributed by atoms with Crippen LogP contribution >= 0.6 is 0 Å². The highest BCUT2D eigenvalue weighted by atomic mass is 15.1. The van der Waals surface area contributed by atoms with Crippen LogP contribution in [0.2, 0.25) is 0 Å². The quantitative estimate of drug-likeness (QED) is 0.194. The minimum atomic E-state index is -0.436. The van der Waals surface area contributed by atoms with Crippen molar-refractivity contribution in [3.63, 3.8) is 0 Å². The third-order valence-corrected chi connectivity index (χ3v) is 10.3. The van der Waals surface area contributed by atoms with E-state index < -0.39 is 5.41 Å². The molecule has 1 spiro atoms. The molecular weight excluding hydrogens is 567 g/mol. The van der Waals surface area contributed by atoms with Crippen molar-refractivity contribution in [3.05, 3.63) is 197 Å². The zero-order valence-corrected chi connectivity index (χ0v) is 27.0. The molecule has 1 heteroatoms. The molecule has 2 aliphatic rings. The molecule has 7 aromatic rings. The van der Waals surface area contributed by atoms with Gasteiger partial charge < -0.3 is 4.90 Å². The lowest BCUT2D eigenvalue weighted by Gasteiger charge is -2.36. The molecule has 2 aliphatic carbocycles. The van der Waals surface area contributed by atoms with Crippen LogP contribution in [-0.4, -0.2) is 0 Å². The van der Waals surface area contributed by atoms with E-state index >= 15 is 0 Å². The van der Waals surface area contributed by atoms with Gasteiger partial charge in [0.15, 0.2) is 0 Å². The van der Waals surface area contributed by atoms with E-state index in [2.05, 4.69) is 183 Å². The van der Waals surface area contributed by atoms with Crippen LogP contribution in [0.15, 0.2) is 158 Å². The Bertz CT molecular complexity index is 2280. The second-order valence-electron chi connectivity index (χ2n) is 13.1. The molecule has 0 N–H and O–H groups in total. The molecular formula is C46H35N. The first-order chi connectivity index (χ1) is 23.1. The van der Waals surface area contributed by atoms with E-state index in [4.69, 9.17) is 0 Å². The van der Waals surface area contributed by atoms with E-state index in [9.17, 15) is 0 Å². The van der Waals surface area contributed by atoms with Crippen LogP contribution in [0.4, 0.5) is 17.1 Å². The summed E-state index contributed by atoms with van der Waals surface area (Å²) in [6.07, 6.45) is 0. The highest BCUT2D eigenvalue weighted by Crippen LogP contribution is 2.65. The van der Waals surface area contributed by atoms with Gasteiger partial charge in [0.1, 0.15) is 0 Å². The minimum Gasteiger partial charge on any atom is -0.310 e. The van der Waals surface area contributed by atoms with Crippen LogP contribution < -0.4 is 4.90 Å². The van der Waals surface area contributed by atoms with Crippen LogP contribution in [0.3, 0.4) is 0 Å². The van der Waals surface area contributed by atoms with Gasteiger partial charge >= 0.3 is 0 Å². The van der Waals surface area contributed by atoms with Gasteiger partial charge in [0.05, 0.1) is 11.1 Å². The summed E-state index contributed by atoms with van der Waals surface area (Å²) < 4.78 is 0. The molecule has 0 fully saturated rings. The average Bonchev–Trinajstić information content (AvgIpc) is 3.58. The fourth-order valence-corrected chi connectivity index (χ4v) is 8.33. The Morgan fingerprint density at radius 3 is 1.57 bits per heavy atom. The number of fused-ring (bicyclic) bond motifs is 10. The summed E-state index contributed by atoms with van der Waals surface area (Å²) in [6.45, 7) is 6.57. The predicted octanol–water partition coefficient (Wildman–Crippen LogP) is 12.1. The molecule has 0 aliphatic heterocycles. The Hall–Kier alpha value is -5.66. The lowest BCUT2D eigenvalue weighted by Crippen LogP contribution is -2.28. The molecule has 1 nitrogen and oxygen atoms in total. The average molecular weight is 602 g/mol. The van der Waals surface area contributed by atoms with Crippen LogP contribution in [0, 0.1) is 20.8 Å². The summed E-state index contributed by atoms with van der Waals surface area (Å²) in [5.74, 6) is 0. The molecule has 0 amide bonds. The Kier molecular flexibility index (Phi) is 6.14. The van der Waals surface area contributed by atoms with Gasteiger partial charge in [-0.1, -0.05) is 139 Å². The van der Waals surface area contributed by atoms with Crippen molar-refractivity contribution in [2.45, 2.75) is 26.2 Å². The Morgan fingerprint density at radius 1 is 0.404 bits per heavy atom. The van der Waals surface area contributed by atoms with Gasteiger partial charge in [-0.25, -0.2) is 0 Å². The maximum atomic E-state index is 2.50. The molecule has 0 aromatic heterocycles. The topological polar surface area (TPSA) is 3.24 Å². The van der Waals surface area contributed by atoms with E-state index in [1.807, 2.05) is 0 Å². The van der Waals surface area contributed by atoms with Crippen molar-refractivity contribution in [3.8, 4) is 33.4 Å². The number of anilines is 3. The van der Waals surface area contributed by atoms with Gasteiger partial charge in [-0.2, -0.15) is 0 Å². The van der Waals surface area contributed by atoms with Crippen molar-refractivity contribution >= 4 is 17.1 Å². The molecule has 0 saturated heterocycles. The van der Waals surface area contributed by atoms with Crippen LogP contribution in [0.1, 0.15) is 38.9 Å². The summed E-state index contributed by atoms with van der Waals surface area (Å²) in [6, 6.07) is 58.8. The molecule has 0 heterocycles. The van der Waals surface area contributed by atoms with Crippen molar-refractivity contribution in [2.75, 3.05) is 4.90 Å². The highest BCUT2D eigenvalue weighted by molar-refractivity contribution is 5.99. The zero-order valence-electron chi connectivity index (χ0n) is 27.0. The first-order valence-corrected chi connectivity index (χ1v) is 16.5. The fourth-order valence-electron chi connectivity index (χ4n) is 8.33. The minimum absolute atomic E-state index is 0.436. The van der Waals surface area contributed by atoms with E-state index in [0.717, 1.165) is 5.69 Å². The predicted molar refractivity (Wildman–Crippen MR) is 197 cm³/mol. The number of hydrogen-bond acceptors (Lipinski definition) is 1. The summed E-state index contributed by atoms with van der Waals surface area (Å²) in [7, 11) is 0. The lowest BCUT2D eigenvalue weighted by molar-refractivity contribution is 0.793. The normalized spacial score (nSPS) is 13.2. The first kappa shape index (κ1) is 27.6. The molecule has 0 radical (unpaired) electrons. The van der Waals surface area contributed by atoms with Gasteiger partial charge in [-0.3, -0.25) is 0 Å². The molecule has 0 unspecified atom stereocenters. The van der Waals surface area contributed by atoms with Gasteiger partial charge in [0.25, 0.3) is 0 Å². The van der Waals surface area contributed by atoms with E-state index in [-0.39, 0.29) is 0 Å². The molecule has 0 bridgehead atoms. The Labute approximate surface area is 277 Å². The van der Waals surface area contributed by atoms with Crippen LogP contribution in [0.5, 0.6) is 0 Å². The molecule has 7 aromatic carbocycles. The standard InChI is InChI=1S/C46H35N/c1-30-22-25-35(26-23-30)47(43-27-24-34(29-32(43)3)33-13-10-12-31(2)28-33)44-21-11-17-39-38-16-6-9-20-42(38)46(45(39)44)40-18-7-4-14-36(40)37-15-5-8-19-41(37)46/h4-29H,1-3H3. The summed E-state index contributed by atoms with van der Waals surface area (Å²) >= 11 is 0. The van der Waals surface area contributed by atoms with Gasteiger partial charge in [0.2, 0.25) is 0 Å². The second kappa shape index (κ2) is 10.4. The van der Waals surface area contributed by atoms with E-state index in [0.29, 0.717) is 0 Å². The second-order valence-corrected chi connectivity index (χ2v) is 13.1. The molecule has 0 saturated carbocycles. The number of benzene rings is 7. The molecule has 9 rings (SSSR count). The van der Waals surface area contributed by atoms with Gasteiger partial charge in [-0.05, 0) is 107 Å². The summed E-state index contributed by atoms with van der Waals surface area (Å²) in [4.78, 5) is 2.50. The van der Waals surface area contributed by atoms with Crippen molar-refractivity contribution in [1.82, 2.24) is 0 Å². The zero-order chi connectivity index (χ0) is 31.7. The Balaban J connectivity index is 1.36. The number of aryl methyl sites for hydroxylation is 3. The van der Waals surface area contributed by atoms with Crippen molar-refractivity contribution in [2.24, 2.45) is 0 Å². The lowest BCUT2D eigenvalue weighted by atomic mass is 9.70. The maximum absolute atomic E-state index is 2.50. The van der Waals surface area contributed by atoms with Crippen molar-refractivity contribution < 1.29 is 0 Å². The van der Waals surface area contributed by atoms with E-state index in [1.54, 1.807) is 0 Å². The monoisotopic (exact) mass is 601 g/mol. The largest absolute Gasteiger partial charge is 0.310 e. The summed E-state index contributed by atoms with van der Waals surface area (Å²) in [5.41, 5.74) is 20.0. The van der Waals surface area contributed by atoms with Crippen LogP contribution in [0.25, 0.3) is 33.4 Å². The number of rotatable bonds is 4. The Morgan fingerprint density at radius 2 is 0.957 bits per heavy atom. The van der Waals surface area contributed by atoms with Crippen LogP contribution in [-0.2, 0) is 5.41 Å². The first-order valence-electron chi connectivity index (χ1n) is 16.5. The molecule has 47 heavy (non-hydrogen) atoms. The smallest absolute Gasteiger partial charge is 0.0746 e. The van der Waals surface area contributed by atoms with Gasteiger partial charge in [-0.15, -0.1) is 0 Å². The molecule has 224 valence electrons. The highest BCUT2D eigenvalue weighted by Gasteiger charge is 2.53. The third kappa shape index (κ3) is 3.96.